The number of thioether (sulfide) groups is 1. The molecule has 1 heterocycles. The maximum atomic E-state index is 13.6. The van der Waals surface area contributed by atoms with Gasteiger partial charge in [0, 0.05) is 44.0 Å². The van der Waals surface area contributed by atoms with Crippen LogP contribution in [0.4, 0.5) is 4.39 Å². The highest BCUT2D eigenvalue weighted by atomic mass is 32.2. The number of carbonyl (C=O) groups excluding carboxylic acids is 2. The Balaban J connectivity index is 1.54. The molecule has 2 aromatic rings. The summed E-state index contributed by atoms with van der Waals surface area (Å²) in [6.45, 7) is 1.60. The normalized spacial score (nSPS) is 23.6. The summed E-state index contributed by atoms with van der Waals surface area (Å²) in [6, 6.07) is 16.1. The van der Waals surface area contributed by atoms with Gasteiger partial charge < -0.3 is 15.0 Å². The number of rotatable bonds is 8. The average Bonchev–Trinajstić information content (AvgIpc) is 2.86. The second-order valence-electron chi connectivity index (χ2n) is 8.85. The van der Waals surface area contributed by atoms with Gasteiger partial charge in [-0.15, -0.1) is 11.8 Å². The van der Waals surface area contributed by atoms with Crippen LogP contribution < -0.4 is 5.32 Å². The molecule has 5 nitrogen and oxygen atoms in total. The summed E-state index contributed by atoms with van der Waals surface area (Å²) in [7, 11) is 1.65. The Kier molecular flexibility index (Phi) is 8.40. The zero-order chi connectivity index (χ0) is 23.9. The standard InChI is InChI=1S/C27H31FN2O3S/c1-33-15-5-14-29-26(31)21-10-13-24-23(17-21)30(18-20-8-11-22(28)12-9-20)27(32)25(34-24)16-19-6-3-2-4-7-19/h2-4,6-9,11-12,16,21,23-24H,5,10,13-15,17-18H2,1H3,(H,29,31)/b25-16-. The van der Waals surface area contributed by atoms with Crippen molar-refractivity contribution in [2.24, 2.45) is 5.92 Å². The molecular formula is C27H31FN2O3S. The van der Waals surface area contributed by atoms with Crippen LogP contribution in [0.5, 0.6) is 0 Å². The van der Waals surface area contributed by atoms with Gasteiger partial charge in [0.15, 0.2) is 0 Å². The monoisotopic (exact) mass is 482 g/mol. The van der Waals surface area contributed by atoms with Gasteiger partial charge in [0.1, 0.15) is 5.82 Å². The second kappa shape index (κ2) is 11.7. The van der Waals surface area contributed by atoms with Crippen LogP contribution in [0.25, 0.3) is 6.08 Å². The molecule has 1 aliphatic carbocycles. The number of methoxy groups -OCH3 is 1. The van der Waals surface area contributed by atoms with Crippen LogP contribution >= 0.6 is 11.8 Å². The van der Waals surface area contributed by atoms with Crippen molar-refractivity contribution in [1.29, 1.82) is 0 Å². The number of hydrogen-bond acceptors (Lipinski definition) is 4. The molecule has 180 valence electrons. The van der Waals surface area contributed by atoms with Crippen LogP contribution in [0.1, 0.15) is 36.8 Å². The third-order valence-corrected chi connectivity index (χ3v) is 7.86. The second-order valence-corrected chi connectivity index (χ2v) is 10.1. The van der Waals surface area contributed by atoms with E-state index in [1.165, 1.54) is 12.1 Å². The molecule has 7 heteroatoms. The Bertz CT molecular complexity index is 1010. The van der Waals surface area contributed by atoms with Crippen molar-refractivity contribution in [3.05, 3.63) is 76.4 Å². The molecule has 0 spiro atoms. The molecule has 2 aliphatic rings. The number of ether oxygens (including phenoxy) is 1. The molecule has 0 bridgehead atoms. The van der Waals surface area contributed by atoms with Crippen LogP contribution in [-0.4, -0.2) is 48.3 Å². The lowest BCUT2D eigenvalue weighted by Gasteiger charge is -2.46. The SMILES string of the molecule is COCCCNC(=O)C1CCC2S/C(=C\c3ccccc3)C(=O)N(Cc3ccc(F)cc3)C2C1. The Morgan fingerprint density at radius 1 is 1.18 bits per heavy atom. The summed E-state index contributed by atoms with van der Waals surface area (Å²) in [5, 5.41) is 3.25. The number of halogens is 1. The van der Waals surface area contributed by atoms with Gasteiger partial charge in [0.05, 0.1) is 4.91 Å². The molecule has 1 saturated heterocycles. The Hall–Kier alpha value is -2.64. The van der Waals surface area contributed by atoms with E-state index in [-0.39, 0.29) is 34.8 Å². The van der Waals surface area contributed by atoms with Crippen molar-refractivity contribution in [3.63, 3.8) is 0 Å². The minimum Gasteiger partial charge on any atom is -0.385 e. The number of nitrogens with one attached hydrogen (secondary N) is 1. The molecule has 1 aliphatic heterocycles. The number of hydrogen-bond donors (Lipinski definition) is 1. The highest BCUT2D eigenvalue weighted by Crippen LogP contribution is 2.44. The largest absolute Gasteiger partial charge is 0.385 e. The first-order valence-electron chi connectivity index (χ1n) is 11.8. The minimum absolute atomic E-state index is 0.0272. The summed E-state index contributed by atoms with van der Waals surface area (Å²) in [5.74, 6) is -0.387. The van der Waals surface area contributed by atoms with Gasteiger partial charge in [-0.05, 0) is 55.0 Å². The van der Waals surface area contributed by atoms with E-state index in [0.717, 1.165) is 35.3 Å². The number of fused-ring (bicyclic) bond motifs is 1. The molecule has 3 unspecified atom stereocenters. The van der Waals surface area contributed by atoms with E-state index in [9.17, 15) is 14.0 Å². The van der Waals surface area contributed by atoms with Crippen molar-refractivity contribution in [2.45, 2.75) is 43.5 Å². The Morgan fingerprint density at radius 3 is 2.68 bits per heavy atom. The van der Waals surface area contributed by atoms with E-state index in [4.69, 9.17) is 4.74 Å². The van der Waals surface area contributed by atoms with Gasteiger partial charge in [-0.2, -0.15) is 0 Å². The highest BCUT2D eigenvalue weighted by molar-refractivity contribution is 8.04. The number of nitrogens with zero attached hydrogens (tertiary/aromatic N) is 1. The zero-order valence-electron chi connectivity index (χ0n) is 19.4. The molecule has 2 aromatic carbocycles. The third kappa shape index (κ3) is 6.07. The van der Waals surface area contributed by atoms with Crippen molar-refractivity contribution in [2.75, 3.05) is 20.3 Å². The topological polar surface area (TPSA) is 58.6 Å². The van der Waals surface area contributed by atoms with E-state index in [2.05, 4.69) is 5.32 Å². The van der Waals surface area contributed by atoms with Crippen LogP contribution in [0.2, 0.25) is 0 Å². The van der Waals surface area contributed by atoms with Crippen molar-refractivity contribution < 1.29 is 18.7 Å². The van der Waals surface area contributed by atoms with Gasteiger partial charge in [-0.25, -0.2) is 4.39 Å². The minimum atomic E-state index is -0.297. The predicted octanol–water partition coefficient (Wildman–Crippen LogP) is 4.63. The number of amides is 2. The fourth-order valence-electron chi connectivity index (χ4n) is 4.67. The lowest BCUT2D eigenvalue weighted by molar-refractivity contribution is -0.133. The smallest absolute Gasteiger partial charge is 0.260 e. The summed E-state index contributed by atoms with van der Waals surface area (Å²) >= 11 is 1.63. The maximum absolute atomic E-state index is 13.6. The fraction of sp³-hybridized carbons (Fsp3) is 0.407. The lowest BCUT2D eigenvalue weighted by Crippen LogP contribution is -2.53. The van der Waals surface area contributed by atoms with Gasteiger partial charge in [-0.1, -0.05) is 42.5 Å². The lowest BCUT2D eigenvalue weighted by atomic mass is 9.83. The van der Waals surface area contributed by atoms with E-state index < -0.39 is 0 Å². The highest BCUT2D eigenvalue weighted by Gasteiger charge is 2.44. The van der Waals surface area contributed by atoms with Gasteiger partial charge in [0.25, 0.3) is 5.91 Å². The first kappa shape index (κ1) is 24.5. The van der Waals surface area contributed by atoms with Gasteiger partial charge >= 0.3 is 0 Å². The van der Waals surface area contributed by atoms with E-state index in [1.54, 1.807) is 31.0 Å². The average molecular weight is 483 g/mol. The van der Waals surface area contributed by atoms with Crippen molar-refractivity contribution >= 4 is 29.7 Å². The molecule has 1 saturated carbocycles. The fourth-order valence-corrected chi connectivity index (χ4v) is 6.09. The molecule has 0 aromatic heterocycles. The molecule has 34 heavy (non-hydrogen) atoms. The first-order valence-corrected chi connectivity index (χ1v) is 12.7. The van der Waals surface area contributed by atoms with Crippen LogP contribution in [0.3, 0.4) is 0 Å². The molecule has 0 radical (unpaired) electrons. The molecule has 2 fully saturated rings. The summed E-state index contributed by atoms with van der Waals surface area (Å²) in [5.41, 5.74) is 1.87. The Morgan fingerprint density at radius 2 is 1.94 bits per heavy atom. The first-order chi connectivity index (χ1) is 16.5. The predicted molar refractivity (Wildman–Crippen MR) is 133 cm³/mol. The summed E-state index contributed by atoms with van der Waals surface area (Å²) in [4.78, 5) is 29.1. The third-order valence-electron chi connectivity index (χ3n) is 6.46. The van der Waals surface area contributed by atoms with Crippen LogP contribution in [0, 0.1) is 11.7 Å². The molecule has 3 atom stereocenters. The molecule has 4 rings (SSSR count). The summed E-state index contributed by atoms with van der Waals surface area (Å²) < 4.78 is 18.5. The van der Waals surface area contributed by atoms with Crippen LogP contribution in [0.15, 0.2) is 59.5 Å². The number of benzene rings is 2. The Labute approximate surface area is 204 Å². The van der Waals surface area contributed by atoms with Crippen molar-refractivity contribution in [3.8, 4) is 0 Å². The van der Waals surface area contributed by atoms with Gasteiger partial charge in [-0.3, -0.25) is 9.59 Å². The maximum Gasteiger partial charge on any atom is 0.260 e. The van der Waals surface area contributed by atoms with Gasteiger partial charge in [0.2, 0.25) is 5.91 Å². The quantitative estimate of drug-likeness (QED) is 0.440. The van der Waals surface area contributed by atoms with E-state index >= 15 is 0 Å². The number of carbonyl (C=O) groups is 2. The summed E-state index contributed by atoms with van der Waals surface area (Å²) in [6.07, 6.45) is 5.04. The molecule has 2 amide bonds. The van der Waals surface area contributed by atoms with E-state index in [0.29, 0.717) is 26.1 Å². The van der Waals surface area contributed by atoms with Crippen LogP contribution in [-0.2, 0) is 20.9 Å². The molecular weight excluding hydrogens is 451 g/mol. The van der Waals surface area contributed by atoms with E-state index in [1.807, 2.05) is 41.3 Å². The molecule has 1 N–H and O–H groups in total. The zero-order valence-corrected chi connectivity index (χ0v) is 20.2. The van der Waals surface area contributed by atoms with Crippen molar-refractivity contribution in [1.82, 2.24) is 10.2 Å².